The smallest absolute Gasteiger partial charge is 0.248 e. The molecule has 2 aromatic rings. The van der Waals surface area contributed by atoms with Crippen molar-refractivity contribution in [1.82, 2.24) is 15.3 Å². The maximum atomic E-state index is 11.8. The number of piperidine rings is 1. The van der Waals surface area contributed by atoms with Gasteiger partial charge in [-0.25, -0.2) is 0 Å². The zero-order chi connectivity index (χ0) is 18.0. The summed E-state index contributed by atoms with van der Waals surface area (Å²) in [6.07, 6.45) is 3.03. The Labute approximate surface area is 146 Å². The normalized spacial score (nSPS) is 21.6. The predicted molar refractivity (Wildman–Crippen MR) is 93.9 cm³/mol. The van der Waals surface area contributed by atoms with Crippen molar-refractivity contribution in [1.29, 1.82) is 5.26 Å². The standard InChI is InChI=1S/C18H21N5O2/c1-11-7-14(22-18(25)12(2)24)10-23(9-11)15-4-3-13(8-19)16-17(15)21-6-5-20-16/h3-6,11-12,14,24H,7,9-10H2,1-2H3,(H,22,25)/t11-,12?,14+/m0/s1. The monoisotopic (exact) mass is 339 g/mol. The minimum atomic E-state index is -1.02. The Morgan fingerprint density at radius 3 is 2.76 bits per heavy atom. The van der Waals surface area contributed by atoms with Crippen LogP contribution in [-0.4, -0.2) is 46.2 Å². The van der Waals surface area contributed by atoms with Gasteiger partial charge in [-0.3, -0.25) is 14.8 Å². The van der Waals surface area contributed by atoms with Crippen molar-refractivity contribution in [3.63, 3.8) is 0 Å². The fraction of sp³-hybridized carbons (Fsp3) is 0.444. The third-order valence-corrected chi connectivity index (χ3v) is 4.45. The first-order chi connectivity index (χ1) is 12.0. The van der Waals surface area contributed by atoms with Crippen LogP contribution in [0.3, 0.4) is 0 Å². The van der Waals surface area contributed by atoms with Crippen molar-refractivity contribution in [2.75, 3.05) is 18.0 Å². The Hall–Kier alpha value is -2.72. The Morgan fingerprint density at radius 1 is 1.36 bits per heavy atom. The van der Waals surface area contributed by atoms with E-state index in [-0.39, 0.29) is 11.9 Å². The lowest BCUT2D eigenvalue weighted by Gasteiger charge is -2.38. The maximum absolute atomic E-state index is 11.8. The fourth-order valence-corrected chi connectivity index (χ4v) is 3.36. The third-order valence-electron chi connectivity index (χ3n) is 4.45. The van der Waals surface area contributed by atoms with Crippen molar-refractivity contribution in [2.45, 2.75) is 32.4 Å². The molecule has 0 aliphatic carbocycles. The van der Waals surface area contributed by atoms with E-state index in [0.717, 1.165) is 18.7 Å². The van der Waals surface area contributed by atoms with Gasteiger partial charge in [0.05, 0.1) is 11.3 Å². The Balaban J connectivity index is 1.92. The van der Waals surface area contributed by atoms with Crippen molar-refractivity contribution in [2.24, 2.45) is 5.92 Å². The summed E-state index contributed by atoms with van der Waals surface area (Å²) in [5.74, 6) is 0.0129. The number of aromatic nitrogens is 2. The largest absolute Gasteiger partial charge is 0.384 e. The van der Waals surface area contributed by atoms with Crippen LogP contribution >= 0.6 is 0 Å². The lowest BCUT2D eigenvalue weighted by Crippen LogP contribution is -2.52. The van der Waals surface area contributed by atoms with Gasteiger partial charge in [-0.2, -0.15) is 5.26 Å². The zero-order valence-electron chi connectivity index (χ0n) is 14.3. The number of carbonyl (C=O) groups excluding carboxylic acids is 1. The van der Waals surface area contributed by atoms with Crippen LogP contribution in [0.15, 0.2) is 24.5 Å². The van der Waals surface area contributed by atoms with Gasteiger partial charge in [0.25, 0.3) is 0 Å². The van der Waals surface area contributed by atoms with Crippen LogP contribution in [0.5, 0.6) is 0 Å². The molecule has 3 rings (SSSR count). The number of nitriles is 1. The molecule has 7 heteroatoms. The summed E-state index contributed by atoms with van der Waals surface area (Å²) in [4.78, 5) is 22.7. The van der Waals surface area contributed by atoms with E-state index in [1.165, 1.54) is 6.92 Å². The van der Waals surface area contributed by atoms with E-state index in [4.69, 9.17) is 0 Å². The molecular weight excluding hydrogens is 318 g/mol. The van der Waals surface area contributed by atoms with Gasteiger partial charge < -0.3 is 15.3 Å². The number of rotatable bonds is 3. The van der Waals surface area contributed by atoms with E-state index in [9.17, 15) is 15.2 Å². The highest BCUT2D eigenvalue weighted by molar-refractivity contribution is 5.92. The predicted octanol–water partition coefficient (Wildman–Crippen LogP) is 1.21. The summed E-state index contributed by atoms with van der Waals surface area (Å²) in [6.45, 7) is 5.05. The van der Waals surface area contributed by atoms with E-state index in [1.807, 2.05) is 6.07 Å². The van der Waals surface area contributed by atoms with Crippen LogP contribution in [0.4, 0.5) is 5.69 Å². The summed E-state index contributed by atoms with van der Waals surface area (Å²) >= 11 is 0. The molecule has 1 fully saturated rings. The number of nitrogens with zero attached hydrogens (tertiary/aromatic N) is 4. The van der Waals surface area contributed by atoms with Crippen LogP contribution < -0.4 is 10.2 Å². The molecule has 130 valence electrons. The molecule has 3 atom stereocenters. The molecule has 1 aromatic carbocycles. The highest BCUT2D eigenvalue weighted by Gasteiger charge is 2.28. The molecule has 1 aliphatic heterocycles. The molecule has 2 heterocycles. The van der Waals surface area contributed by atoms with Gasteiger partial charge in [-0.05, 0) is 31.4 Å². The maximum Gasteiger partial charge on any atom is 0.248 e. The van der Waals surface area contributed by atoms with Gasteiger partial charge >= 0.3 is 0 Å². The SMILES string of the molecule is CC(O)C(=O)N[C@@H]1C[C@H](C)CN(c2ccc(C#N)c3nccnc23)C1. The molecule has 0 bridgehead atoms. The van der Waals surface area contributed by atoms with Crippen molar-refractivity contribution >= 4 is 22.6 Å². The second-order valence-corrected chi connectivity index (χ2v) is 6.62. The zero-order valence-corrected chi connectivity index (χ0v) is 14.3. The summed E-state index contributed by atoms with van der Waals surface area (Å²) in [5.41, 5.74) is 2.68. The Bertz CT molecular complexity index is 830. The number of anilines is 1. The third kappa shape index (κ3) is 3.54. The van der Waals surface area contributed by atoms with Gasteiger partial charge in [-0.15, -0.1) is 0 Å². The number of amides is 1. The molecule has 0 spiro atoms. The quantitative estimate of drug-likeness (QED) is 0.871. The molecular formula is C18H21N5O2. The molecule has 0 saturated carbocycles. The van der Waals surface area contributed by atoms with Gasteiger partial charge in [-0.1, -0.05) is 6.92 Å². The first-order valence-corrected chi connectivity index (χ1v) is 8.36. The molecule has 1 aromatic heterocycles. The Kier molecular flexibility index (Phi) is 4.81. The van der Waals surface area contributed by atoms with E-state index in [1.54, 1.807) is 18.5 Å². The van der Waals surface area contributed by atoms with Gasteiger partial charge in [0.2, 0.25) is 5.91 Å². The molecule has 0 radical (unpaired) electrons. The molecule has 1 unspecified atom stereocenters. The van der Waals surface area contributed by atoms with Gasteiger partial charge in [0.1, 0.15) is 23.2 Å². The average molecular weight is 339 g/mol. The second kappa shape index (κ2) is 7.03. The summed E-state index contributed by atoms with van der Waals surface area (Å²) in [5, 5.41) is 21.6. The molecule has 7 nitrogen and oxygen atoms in total. The number of aliphatic hydroxyl groups is 1. The number of hydrogen-bond acceptors (Lipinski definition) is 6. The van der Waals surface area contributed by atoms with E-state index in [2.05, 4.69) is 33.2 Å². The number of benzene rings is 1. The minimum absolute atomic E-state index is 0.0479. The van der Waals surface area contributed by atoms with E-state index in [0.29, 0.717) is 29.1 Å². The number of fused-ring (bicyclic) bond motifs is 1. The highest BCUT2D eigenvalue weighted by atomic mass is 16.3. The van der Waals surface area contributed by atoms with Crippen molar-refractivity contribution < 1.29 is 9.90 Å². The second-order valence-electron chi connectivity index (χ2n) is 6.62. The van der Waals surface area contributed by atoms with Crippen LogP contribution in [0.1, 0.15) is 25.8 Å². The first kappa shape index (κ1) is 17.1. The Morgan fingerprint density at radius 2 is 2.08 bits per heavy atom. The minimum Gasteiger partial charge on any atom is -0.384 e. The first-order valence-electron chi connectivity index (χ1n) is 8.36. The van der Waals surface area contributed by atoms with Crippen LogP contribution in [-0.2, 0) is 4.79 Å². The molecule has 2 N–H and O–H groups in total. The summed E-state index contributed by atoms with van der Waals surface area (Å²) in [6, 6.07) is 5.75. The number of carbonyl (C=O) groups is 1. The van der Waals surface area contributed by atoms with Gasteiger partial charge in [0.15, 0.2) is 0 Å². The van der Waals surface area contributed by atoms with E-state index < -0.39 is 6.10 Å². The van der Waals surface area contributed by atoms with Crippen LogP contribution in [0.2, 0.25) is 0 Å². The number of nitrogens with one attached hydrogen (secondary N) is 1. The molecule has 1 amide bonds. The summed E-state index contributed by atoms with van der Waals surface area (Å²) < 4.78 is 0. The number of aliphatic hydroxyl groups excluding tert-OH is 1. The van der Waals surface area contributed by atoms with Crippen molar-refractivity contribution in [3.8, 4) is 6.07 Å². The fourth-order valence-electron chi connectivity index (χ4n) is 3.36. The molecule has 1 aliphatic rings. The average Bonchev–Trinajstić information content (AvgIpc) is 2.60. The van der Waals surface area contributed by atoms with E-state index >= 15 is 0 Å². The van der Waals surface area contributed by atoms with Gasteiger partial charge in [0, 0.05) is 31.5 Å². The lowest BCUT2D eigenvalue weighted by molar-refractivity contribution is -0.129. The van der Waals surface area contributed by atoms with Crippen LogP contribution in [0, 0.1) is 17.2 Å². The highest BCUT2D eigenvalue weighted by Crippen LogP contribution is 2.30. The number of hydrogen-bond donors (Lipinski definition) is 2. The van der Waals surface area contributed by atoms with Crippen molar-refractivity contribution in [3.05, 3.63) is 30.1 Å². The molecule has 1 saturated heterocycles. The lowest BCUT2D eigenvalue weighted by atomic mass is 9.95. The van der Waals surface area contributed by atoms with Crippen LogP contribution in [0.25, 0.3) is 11.0 Å². The topological polar surface area (TPSA) is 102 Å². The molecule has 25 heavy (non-hydrogen) atoms. The summed E-state index contributed by atoms with van der Waals surface area (Å²) in [7, 11) is 0.